The van der Waals surface area contributed by atoms with E-state index in [1.165, 1.54) is 24.3 Å². The number of halogens is 1. The number of carbonyl (C=O) groups excluding carboxylic acids is 2. The van der Waals surface area contributed by atoms with E-state index in [1.807, 2.05) is 0 Å². The number of nitro benzene ring substituents is 2. The molecule has 0 saturated heterocycles. The lowest BCUT2D eigenvalue weighted by atomic mass is 9.93. The number of amides is 2. The molecule has 3 aromatic rings. The van der Waals surface area contributed by atoms with Gasteiger partial charge in [0.15, 0.2) is 0 Å². The molecule has 1 heterocycles. The van der Waals surface area contributed by atoms with E-state index < -0.39 is 21.7 Å². The van der Waals surface area contributed by atoms with Crippen molar-refractivity contribution in [1.82, 2.24) is 0 Å². The second-order valence-corrected chi connectivity index (χ2v) is 6.76. The lowest BCUT2D eigenvalue weighted by Crippen LogP contribution is -2.40. The van der Waals surface area contributed by atoms with Crippen molar-refractivity contribution in [3.05, 3.63) is 84.4 Å². The van der Waals surface area contributed by atoms with Crippen molar-refractivity contribution in [3.8, 4) is 0 Å². The normalized spacial score (nSPS) is 13.1. The van der Waals surface area contributed by atoms with E-state index in [0.717, 1.165) is 17.0 Å². The van der Waals surface area contributed by atoms with Gasteiger partial charge in [-0.3, -0.25) is 29.8 Å². The highest BCUT2D eigenvalue weighted by atomic mass is 79.9. The maximum atomic E-state index is 13.1. The third-order valence-electron chi connectivity index (χ3n) is 4.44. The fourth-order valence-electron chi connectivity index (χ4n) is 3.23. The second kappa shape index (κ2) is 6.20. The molecule has 1 aliphatic rings. The number of non-ortho nitro benzene ring substituents is 1. The number of nitrogens with zero attached hydrogens (tertiary/aromatic N) is 3. The number of rotatable bonds is 3. The van der Waals surface area contributed by atoms with Gasteiger partial charge < -0.3 is 0 Å². The van der Waals surface area contributed by atoms with Crippen molar-refractivity contribution in [3.63, 3.8) is 0 Å². The van der Waals surface area contributed by atoms with E-state index in [4.69, 9.17) is 0 Å². The fourth-order valence-corrected chi connectivity index (χ4v) is 3.82. The Morgan fingerprint density at radius 3 is 2.21 bits per heavy atom. The minimum absolute atomic E-state index is 0.0115. The summed E-state index contributed by atoms with van der Waals surface area (Å²) in [5.74, 6) is -1.45. The van der Waals surface area contributed by atoms with Crippen LogP contribution < -0.4 is 4.90 Å². The van der Waals surface area contributed by atoms with Gasteiger partial charge in [-0.05, 0) is 28.1 Å². The summed E-state index contributed by atoms with van der Waals surface area (Å²) in [5, 5.41) is 23.1. The molecule has 0 saturated carbocycles. The summed E-state index contributed by atoms with van der Waals surface area (Å²) in [6.45, 7) is 0. The molecule has 2 amide bonds. The lowest BCUT2D eigenvalue weighted by molar-refractivity contribution is -0.385. The van der Waals surface area contributed by atoms with Crippen molar-refractivity contribution >= 4 is 55.6 Å². The predicted molar refractivity (Wildman–Crippen MR) is 103 cm³/mol. The summed E-state index contributed by atoms with van der Waals surface area (Å²) in [5.41, 5.74) is -0.441. The third-order valence-corrected chi connectivity index (χ3v) is 5.27. The van der Waals surface area contributed by atoms with Gasteiger partial charge in [0.25, 0.3) is 23.2 Å². The minimum Gasteiger partial charge on any atom is -0.268 e. The Labute approximate surface area is 164 Å². The summed E-state index contributed by atoms with van der Waals surface area (Å²) in [4.78, 5) is 48.0. The molecule has 28 heavy (non-hydrogen) atoms. The highest BCUT2D eigenvalue weighted by Gasteiger charge is 2.37. The van der Waals surface area contributed by atoms with Crippen molar-refractivity contribution in [2.24, 2.45) is 0 Å². The van der Waals surface area contributed by atoms with Crippen LogP contribution in [0.15, 0.2) is 53.0 Å². The van der Waals surface area contributed by atoms with E-state index in [0.29, 0.717) is 10.8 Å². The minimum atomic E-state index is -0.787. The molecular weight excluding hydrogens is 434 g/mol. The summed E-state index contributed by atoms with van der Waals surface area (Å²) in [7, 11) is 0. The van der Waals surface area contributed by atoms with E-state index in [1.54, 1.807) is 12.1 Å². The van der Waals surface area contributed by atoms with E-state index in [9.17, 15) is 29.8 Å². The molecule has 138 valence electrons. The molecule has 0 radical (unpaired) electrons. The molecule has 0 spiro atoms. The zero-order chi connectivity index (χ0) is 20.2. The number of hydrogen-bond acceptors (Lipinski definition) is 6. The van der Waals surface area contributed by atoms with Gasteiger partial charge in [0.2, 0.25) is 0 Å². The molecule has 0 fully saturated rings. The molecule has 0 bridgehead atoms. The average molecular weight is 442 g/mol. The number of imide groups is 1. The van der Waals surface area contributed by atoms with Crippen molar-refractivity contribution in [2.45, 2.75) is 0 Å². The van der Waals surface area contributed by atoms with Crippen LogP contribution in [-0.2, 0) is 0 Å². The van der Waals surface area contributed by atoms with Gasteiger partial charge in [0.05, 0.1) is 21.1 Å². The topological polar surface area (TPSA) is 124 Å². The van der Waals surface area contributed by atoms with Crippen LogP contribution in [0.2, 0.25) is 0 Å². The summed E-state index contributed by atoms with van der Waals surface area (Å²) in [6, 6.07) is 10.8. The Hall–Kier alpha value is -3.66. The average Bonchev–Trinajstić information content (AvgIpc) is 2.67. The molecule has 4 rings (SSSR count). The van der Waals surface area contributed by atoms with Gasteiger partial charge >= 0.3 is 0 Å². The SMILES string of the molecule is O=C1c2cccc3c(Br)c([N+](=O)[O-])cc(c23)C(=O)N1c1cccc([N+](=O)[O-])c1. The van der Waals surface area contributed by atoms with Crippen LogP contribution in [0.3, 0.4) is 0 Å². The first-order chi connectivity index (χ1) is 13.3. The van der Waals surface area contributed by atoms with Gasteiger partial charge in [-0.1, -0.05) is 18.2 Å². The maximum absolute atomic E-state index is 13.1. The van der Waals surface area contributed by atoms with Gasteiger partial charge in [0, 0.05) is 34.5 Å². The second-order valence-electron chi connectivity index (χ2n) is 5.97. The third kappa shape index (κ3) is 2.46. The summed E-state index contributed by atoms with van der Waals surface area (Å²) < 4.78 is 0.169. The number of hydrogen-bond donors (Lipinski definition) is 0. The van der Waals surface area contributed by atoms with Gasteiger partial charge in [-0.15, -0.1) is 0 Å². The molecule has 9 nitrogen and oxygen atoms in total. The van der Waals surface area contributed by atoms with Crippen LogP contribution in [0.1, 0.15) is 20.7 Å². The van der Waals surface area contributed by atoms with Gasteiger partial charge in [-0.25, -0.2) is 4.90 Å². The molecule has 0 aromatic heterocycles. The number of anilines is 1. The van der Waals surface area contributed by atoms with Crippen LogP contribution in [0.4, 0.5) is 17.1 Å². The van der Waals surface area contributed by atoms with Crippen LogP contribution in [0, 0.1) is 20.2 Å². The Kier molecular flexibility index (Phi) is 3.93. The number of carbonyl (C=O) groups is 2. The first-order valence-corrected chi connectivity index (χ1v) is 8.63. The molecule has 0 aliphatic carbocycles. The largest absolute Gasteiger partial charge is 0.284 e. The molecule has 0 atom stereocenters. The maximum Gasteiger partial charge on any atom is 0.284 e. The van der Waals surface area contributed by atoms with Crippen LogP contribution >= 0.6 is 15.9 Å². The Morgan fingerprint density at radius 2 is 1.54 bits per heavy atom. The van der Waals surface area contributed by atoms with Crippen LogP contribution in [0.25, 0.3) is 10.8 Å². The molecular formula is C18H8BrN3O6. The Balaban J connectivity index is 2.01. The summed E-state index contributed by atoms with van der Waals surface area (Å²) >= 11 is 3.18. The van der Waals surface area contributed by atoms with Crippen LogP contribution in [-0.4, -0.2) is 21.7 Å². The zero-order valence-electron chi connectivity index (χ0n) is 13.8. The fraction of sp³-hybridized carbons (Fsp3) is 0. The molecule has 3 aromatic carbocycles. The van der Waals surface area contributed by atoms with Crippen molar-refractivity contribution in [2.75, 3.05) is 4.90 Å². The van der Waals surface area contributed by atoms with Crippen molar-refractivity contribution in [1.29, 1.82) is 0 Å². The first kappa shape index (κ1) is 17.7. The lowest BCUT2D eigenvalue weighted by Gasteiger charge is -2.27. The van der Waals surface area contributed by atoms with Gasteiger partial charge in [-0.2, -0.15) is 0 Å². The molecule has 0 N–H and O–H groups in total. The molecule has 10 heteroatoms. The Morgan fingerprint density at radius 1 is 0.857 bits per heavy atom. The first-order valence-electron chi connectivity index (χ1n) is 7.84. The number of nitro groups is 2. The monoisotopic (exact) mass is 441 g/mol. The van der Waals surface area contributed by atoms with E-state index >= 15 is 0 Å². The predicted octanol–water partition coefficient (Wildman–Crippen LogP) is 4.22. The zero-order valence-corrected chi connectivity index (χ0v) is 15.4. The van der Waals surface area contributed by atoms with Crippen LogP contribution in [0.5, 0.6) is 0 Å². The van der Waals surface area contributed by atoms with Crippen molar-refractivity contribution < 1.29 is 19.4 Å². The number of benzene rings is 3. The smallest absolute Gasteiger partial charge is 0.268 e. The van der Waals surface area contributed by atoms with E-state index in [2.05, 4.69) is 15.9 Å². The Bertz CT molecular complexity index is 1240. The highest BCUT2D eigenvalue weighted by molar-refractivity contribution is 9.10. The summed E-state index contributed by atoms with van der Waals surface area (Å²) in [6.07, 6.45) is 0. The molecule has 0 unspecified atom stereocenters. The standard InChI is InChI=1S/C18H8BrN3O6/c19-16-11-5-2-6-12-15(11)13(8-14(16)22(27)28)18(24)20(17(12)23)9-3-1-4-10(7-9)21(25)26/h1-8H. The molecule has 1 aliphatic heterocycles. The van der Waals surface area contributed by atoms with E-state index in [-0.39, 0.29) is 32.7 Å². The highest BCUT2D eigenvalue weighted by Crippen LogP contribution is 2.41. The quantitative estimate of drug-likeness (QED) is 0.340. The van der Waals surface area contributed by atoms with Gasteiger partial charge in [0.1, 0.15) is 4.47 Å².